The van der Waals surface area contributed by atoms with Crippen molar-refractivity contribution in [1.29, 1.82) is 0 Å². The molecular formula is C17H12Cl2FNO3. The highest BCUT2D eigenvalue weighted by atomic mass is 35.5. The molecule has 0 unspecified atom stereocenters. The highest BCUT2D eigenvalue weighted by Crippen LogP contribution is 2.32. The van der Waals surface area contributed by atoms with Gasteiger partial charge in [-0.15, -0.1) is 0 Å². The van der Waals surface area contributed by atoms with E-state index in [4.69, 9.17) is 23.2 Å². The highest BCUT2D eigenvalue weighted by Gasteiger charge is 2.37. The Morgan fingerprint density at radius 1 is 1.21 bits per heavy atom. The first kappa shape index (κ1) is 16.7. The number of fused-ring (bicyclic) bond motifs is 1. The molecule has 7 heteroatoms. The number of halogens is 3. The van der Waals surface area contributed by atoms with E-state index in [1.165, 1.54) is 35.2 Å². The van der Waals surface area contributed by atoms with Crippen molar-refractivity contribution in [1.82, 2.24) is 4.90 Å². The van der Waals surface area contributed by atoms with E-state index in [2.05, 4.69) is 0 Å². The van der Waals surface area contributed by atoms with Crippen molar-refractivity contribution < 1.29 is 19.1 Å². The van der Waals surface area contributed by atoms with Crippen LogP contribution in [0.15, 0.2) is 36.4 Å². The Morgan fingerprint density at radius 2 is 1.83 bits per heavy atom. The molecule has 1 N–H and O–H groups in total. The summed E-state index contributed by atoms with van der Waals surface area (Å²) in [6.07, 6.45) is 0.0802. The van der Waals surface area contributed by atoms with Crippen LogP contribution in [0.25, 0.3) is 0 Å². The minimum atomic E-state index is -1.13. The van der Waals surface area contributed by atoms with E-state index in [1.807, 2.05) is 0 Å². The molecule has 0 bridgehead atoms. The summed E-state index contributed by atoms with van der Waals surface area (Å²) in [5.74, 6) is -1.93. The van der Waals surface area contributed by atoms with Crippen molar-refractivity contribution in [3.8, 4) is 0 Å². The van der Waals surface area contributed by atoms with Gasteiger partial charge < -0.3 is 10.0 Å². The molecule has 1 aliphatic rings. The van der Waals surface area contributed by atoms with Crippen LogP contribution >= 0.6 is 23.2 Å². The van der Waals surface area contributed by atoms with Crippen LogP contribution in [0.5, 0.6) is 0 Å². The average Bonchev–Trinajstić information content (AvgIpc) is 2.83. The maximum Gasteiger partial charge on any atom is 0.326 e. The second-order valence-electron chi connectivity index (χ2n) is 5.54. The summed E-state index contributed by atoms with van der Waals surface area (Å²) < 4.78 is 13.0. The normalized spacial score (nSPS) is 14.6. The number of nitrogens with zero attached hydrogens (tertiary/aromatic N) is 1. The Kier molecular flexibility index (Phi) is 4.47. The molecular weight excluding hydrogens is 356 g/mol. The Morgan fingerprint density at radius 3 is 2.46 bits per heavy atom. The molecule has 0 saturated heterocycles. The summed E-state index contributed by atoms with van der Waals surface area (Å²) in [6.45, 7) is 0.142. The first-order valence-corrected chi connectivity index (χ1v) is 7.88. The SMILES string of the molecule is O=C(O)[C@H](Cc1ccc(F)cc1)N1Cc2cc(Cl)c(Cl)cc2C1=O. The van der Waals surface area contributed by atoms with E-state index >= 15 is 0 Å². The molecule has 1 atom stereocenters. The van der Waals surface area contributed by atoms with Crippen LogP contribution in [-0.2, 0) is 17.8 Å². The van der Waals surface area contributed by atoms with E-state index in [9.17, 15) is 19.1 Å². The fraction of sp³-hybridized carbons (Fsp3) is 0.176. The zero-order valence-corrected chi connectivity index (χ0v) is 13.8. The largest absolute Gasteiger partial charge is 0.480 e. The number of rotatable bonds is 4. The van der Waals surface area contributed by atoms with Crippen LogP contribution in [0.2, 0.25) is 10.0 Å². The van der Waals surface area contributed by atoms with Gasteiger partial charge in [0, 0.05) is 18.5 Å². The van der Waals surface area contributed by atoms with Gasteiger partial charge in [0.15, 0.2) is 0 Å². The lowest BCUT2D eigenvalue weighted by molar-refractivity contribution is -0.142. The molecule has 4 nitrogen and oxygen atoms in total. The van der Waals surface area contributed by atoms with Gasteiger partial charge in [-0.05, 0) is 35.4 Å². The zero-order valence-electron chi connectivity index (χ0n) is 12.3. The third-order valence-electron chi connectivity index (χ3n) is 3.98. The first-order chi connectivity index (χ1) is 11.4. The van der Waals surface area contributed by atoms with Crippen molar-refractivity contribution in [2.75, 3.05) is 0 Å². The van der Waals surface area contributed by atoms with Gasteiger partial charge >= 0.3 is 5.97 Å². The first-order valence-electron chi connectivity index (χ1n) is 7.13. The van der Waals surface area contributed by atoms with Gasteiger partial charge in [0.1, 0.15) is 11.9 Å². The highest BCUT2D eigenvalue weighted by molar-refractivity contribution is 6.42. The molecule has 24 heavy (non-hydrogen) atoms. The van der Waals surface area contributed by atoms with Crippen LogP contribution in [-0.4, -0.2) is 27.9 Å². The molecule has 0 radical (unpaired) electrons. The number of aliphatic carboxylic acids is 1. The third-order valence-corrected chi connectivity index (χ3v) is 4.70. The van der Waals surface area contributed by atoms with E-state index in [0.717, 1.165) is 0 Å². The molecule has 0 spiro atoms. The van der Waals surface area contributed by atoms with Gasteiger partial charge in [-0.3, -0.25) is 4.79 Å². The van der Waals surface area contributed by atoms with Gasteiger partial charge in [0.05, 0.1) is 10.0 Å². The van der Waals surface area contributed by atoms with Crippen LogP contribution < -0.4 is 0 Å². The Bertz CT molecular complexity index is 823. The number of hydrogen-bond donors (Lipinski definition) is 1. The Labute approximate surface area is 147 Å². The third kappa shape index (κ3) is 3.09. The van der Waals surface area contributed by atoms with Gasteiger partial charge in [-0.2, -0.15) is 0 Å². The van der Waals surface area contributed by atoms with E-state index < -0.39 is 23.7 Å². The maximum atomic E-state index is 13.0. The minimum Gasteiger partial charge on any atom is -0.480 e. The number of carbonyl (C=O) groups excluding carboxylic acids is 1. The molecule has 0 saturated carbocycles. The molecule has 0 fully saturated rings. The predicted octanol–water partition coefficient (Wildman–Crippen LogP) is 3.78. The Hall–Kier alpha value is -2.11. The molecule has 0 aliphatic carbocycles. The van der Waals surface area contributed by atoms with Crippen LogP contribution in [0, 0.1) is 5.82 Å². The van der Waals surface area contributed by atoms with Crippen LogP contribution in [0.4, 0.5) is 4.39 Å². The second kappa shape index (κ2) is 6.42. The zero-order chi connectivity index (χ0) is 17.4. The smallest absolute Gasteiger partial charge is 0.326 e. The fourth-order valence-corrected chi connectivity index (χ4v) is 3.10. The van der Waals surface area contributed by atoms with Gasteiger partial charge in [0.25, 0.3) is 5.91 Å². The number of carboxylic acid groups (broad SMARTS) is 1. The lowest BCUT2D eigenvalue weighted by Gasteiger charge is -2.24. The van der Waals surface area contributed by atoms with E-state index in [1.54, 1.807) is 6.07 Å². The number of hydrogen-bond acceptors (Lipinski definition) is 2. The number of carboxylic acids is 1. The van der Waals surface area contributed by atoms with Gasteiger partial charge in [-0.25, -0.2) is 9.18 Å². The number of benzene rings is 2. The quantitative estimate of drug-likeness (QED) is 0.894. The fourth-order valence-electron chi connectivity index (χ4n) is 2.75. The molecule has 0 aromatic heterocycles. The van der Waals surface area contributed by atoms with Crippen molar-refractivity contribution in [3.63, 3.8) is 0 Å². The molecule has 3 rings (SSSR count). The number of amides is 1. The molecule has 1 heterocycles. The summed E-state index contributed by atoms with van der Waals surface area (Å²) >= 11 is 11.9. The summed E-state index contributed by atoms with van der Waals surface area (Å²) in [5, 5.41) is 10.1. The molecule has 1 amide bonds. The standard InChI is InChI=1S/C17H12Cl2FNO3/c18-13-6-10-8-21(16(22)12(10)7-14(13)19)15(17(23)24)5-9-1-3-11(20)4-2-9/h1-4,6-7,15H,5,8H2,(H,23,24)/t15-/m0/s1. The van der Waals surface area contributed by atoms with Crippen molar-refractivity contribution >= 4 is 35.1 Å². The Balaban J connectivity index is 1.89. The minimum absolute atomic E-state index is 0.0802. The van der Waals surface area contributed by atoms with Crippen molar-refractivity contribution in [2.45, 2.75) is 19.0 Å². The lowest BCUT2D eigenvalue weighted by Crippen LogP contribution is -2.42. The summed E-state index contributed by atoms with van der Waals surface area (Å²) in [4.78, 5) is 25.5. The van der Waals surface area contributed by atoms with Gasteiger partial charge in [0.2, 0.25) is 0 Å². The molecule has 1 aliphatic heterocycles. The number of carbonyl (C=O) groups is 2. The molecule has 124 valence electrons. The van der Waals surface area contributed by atoms with Crippen LogP contribution in [0.3, 0.4) is 0 Å². The predicted molar refractivity (Wildman–Crippen MR) is 87.9 cm³/mol. The topological polar surface area (TPSA) is 57.6 Å². The van der Waals surface area contributed by atoms with Crippen molar-refractivity contribution in [2.24, 2.45) is 0 Å². The monoisotopic (exact) mass is 367 g/mol. The summed E-state index contributed by atoms with van der Waals surface area (Å²) in [6, 6.07) is 7.50. The molecule has 2 aromatic rings. The van der Waals surface area contributed by atoms with E-state index in [-0.39, 0.29) is 18.0 Å². The second-order valence-corrected chi connectivity index (χ2v) is 6.36. The van der Waals surface area contributed by atoms with E-state index in [0.29, 0.717) is 21.7 Å². The summed E-state index contributed by atoms with van der Waals surface area (Å²) in [5.41, 5.74) is 1.62. The van der Waals surface area contributed by atoms with Gasteiger partial charge in [-0.1, -0.05) is 35.3 Å². The lowest BCUT2D eigenvalue weighted by atomic mass is 10.0. The van der Waals surface area contributed by atoms with Crippen molar-refractivity contribution in [3.05, 3.63) is 69.0 Å². The van der Waals surface area contributed by atoms with Crippen LogP contribution in [0.1, 0.15) is 21.5 Å². The summed E-state index contributed by atoms with van der Waals surface area (Å²) in [7, 11) is 0. The molecule has 2 aromatic carbocycles. The maximum absolute atomic E-state index is 13.0. The average molecular weight is 368 g/mol.